The summed E-state index contributed by atoms with van der Waals surface area (Å²) in [5.74, 6) is -0.144. The minimum atomic E-state index is -0.144. The zero-order valence-corrected chi connectivity index (χ0v) is 14.9. The molecule has 0 aromatic heterocycles. The molecule has 0 unspecified atom stereocenters. The maximum atomic E-state index is 9.95. The van der Waals surface area contributed by atoms with Crippen molar-refractivity contribution in [2.45, 2.75) is 52.4 Å². The number of carbonyl (C=O) groups is 1. The van der Waals surface area contributed by atoms with Gasteiger partial charge in [-0.25, -0.2) is 0 Å². The molecule has 0 aliphatic carbocycles. The minimum absolute atomic E-state index is 0. The highest BCUT2D eigenvalue weighted by molar-refractivity contribution is 5.86. The number of likely N-dealkylation sites (N-methyl/N-ethyl adjacent to an activating group) is 1. The van der Waals surface area contributed by atoms with Crippen LogP contribution in [0.4, 0.5) is 0 Å². The number of unbranched alkanes of at least 4 members (excludes halogenated alkanes) is 5. The summed E-state index contributed by atoms with van der Waals surface area (Å²) in [7, 11) is 6.21. The van der Waals surface area contributed by atoms with Gasteiger partial charge in [0, 0.05) is 7.05 Å². The molecule has 0 radical (unpaired) electrons. The summed E-state index contributed by atoms with van der Waals surface area (Å²) in [5, 5.41) is 2.36. The Balaban J connectivity index is -0.000000352. The summed E-state index contributed by atoms with van der Waals surface area (Å²) in [6.45, 7) is 10.4. The van der Waals surface area contributed by atoms with Gasteiger partial charge in [-0.1, -0.05) is 39.2 Å². The molecule has 4 heteroatoms. The van der Waals surface area contributed by atoms with Crippen LogP contribution in [0.5, 0.6) is 0 Å². The van der Waals surface area contributed by atoms with E-state index in [2.05, 4.69) is 39.8 Å². The number of halogens is 1. The third-order valence-electron chi connectivity index (χ3n) is 3.40. The minimum Gasteiger partial charge on any atom is -1.00 e. The average Bonchev–Trinajstić information content (AvgIpc) is 2.42. The van der Waals surface area contributed by atoms with E-state index in [-0.39, 0.29) is 18.3 Å². The predicted molar refractivity (Wildman–Crippen MR) is 85.2 cm³/mol. The largest absolute Gasteiger partial charge is 1.00 e. The van der Waals surface area contributed by atoms with Crippen LogP contribution < -0.4 is 17.7 Å². The van der Waals surface area contributed by atoms with Crippen molar-refractivity contribution in [1.82, 2.24) is 5.32 Å². The number of amides is 1. The Morgan fingerprint density at radius 2 is 1.60 bits per heavy atom. The van der Waals surface area contributed by atoms with Gasteiger partial charge in [-0.05, 0) is 25.8 Å². The van der Waals surface area contributed by atoms with E-state index in [1.165, 1.54) is 62.2 Å². The molecule has 3 nitrogen and oxygen atoms in total. The summed E-state index contributed by atoms with van der Waals surface area (Å²) >= 11 is 0. The molecule has 0 fully saturated rings. The Bertz CT molecular complexity index is 231. The lowest BCUT2D eigenvalue weighted by Gasteiger charge is -2.28. The molecule has 0 rings (SSSR count). The van der Waals surface area contributed by atoms with E-state index in [0.717, 1.165) is 0 Å². The highest BCUT2D eigenvalue weighted by Crippen LogP contribution is 2.07. The number of nitrogens with zero attached hydrogens (tertiary/aromatic N) is 1. The van der Waals surface area contributed by atoms with Crippen LogP contribution in [0.1, 0.15) is 52.4 Å². The second-order valence-corrected chi connectivity index (χ2v) is 5.56. The normalized spacial score (nSPS) is 9.85. The van der Waals surface area contributed by atoms with Crippen molar-refractivity contribution in [3.63, 3.8) is 0 Å². The number of hydrogen-bond acceptors (Lipinski definition) is 1. The van der Waals surface area contributed by atoms with Crippen LogP contribution in [0.25, 0.3) is 0 Å². The maximum Gasteiger partial charge on any atom is 0.243 e. The molecule has 20 heavy (non-hydrogen) atoms. The number of nitrogens with one attached hydrogen (secondary N) is 1. The van der Waals surface area contributed by atoms with Gasteiger partial charge in [0.15, 0.2) is 0 Å². The fourth-order valence-corrected chi connectivity index (χ4v) is 1.58. The first-order valence-electron chi connectivity index (χ1n) is 7.59. The highest BCUT2D eigenvalue weighted by Gasteiger charge is 2.09. The molecule has 0 spiro atoms. The lowest BCUT2D eigenvalue weighted by molar-refractivity contribution is -0.888. The van der Waals surface area contributed by atoms with E-state index in [1.54, 1.807) is 7.05 Å². The van der Waals surface area contributed by atoms with Crippen LogP contribution in [-0.4, -0.2) is 44.6 Å². The van der Waals surface area contributed by atoms with Crippen LogP contribution >= 0.6 is 0 Å². The zero-order chi connectivity index (χ0) is 15.1. The summed E-state index contributed by atoms with van der Waals surface area (Å²) in [5.41, 5.74) is 0. The molecule has 122 valence electrons. The highest BCUT2D eigenvalue weighted by atomic mass is 35.5. The van der Waals surface area contributed by atoms with Crippen LogP contribution in [0, 0.1) is 0 Å². The quantitative estimate of drug-likeness (QED) is 0.372. The number of carbonyl (C=O) groups excluding carboxylic acids is 1. The Morgan fingerprint density at radius 3 is 1.95 bits per heavy atom. The Hall–Kier alpha value is -0.540. The smallest absolute Gasteiger partial charge is 0.243 e. The molecule has 0 heterocycles. The van der Waals surface area contributed by atoms with E-state index in [1.807, 2.05) is 0 Å². The predicted octanol–water partition coefficient (Wildman–Crippen LogP) is 0.366. The van der Waals surface area contributed by atoms with Gasteiger partial charge >= 0.3 is 0 Å². The number of rotatable bonds is 9. The number of hydrogen-bond donors (Lipinski definition) is 1. The van der Waals surface area contributed by atoms with Gasteiger partial charge in [0.05, 0.1) is 27.2 Å². The van der Waals surface area contributed by atoms with E-state index in [0.29, 0.717) is 0 Å². The van der Waals surface area contributed by atoms with Crippen molar-refractivity contribution in [3.05, 3.63) is 12.7 Å². The van der Waals surface area contributed by atoms with Crippen LogP contribution in [0.15, 0.2) is 12.7 Å². The van der Waals surface area contributed by atoms with Gasteiger partial charge in [0.2, 0.25) is 5.91 Å². The molecule has 1 amide bonds. The monoisotopic (exact) mass is 306 g/mol. The molecule has 0 bridgehead atoms. The molecule has 0 aromatic rings. The lowest BCUT2D eigenvalue weighted by Crippen LogP contribution is -3.00. The summed E-state index contributed by atoms with van der Waals surface area (Å²) in [6.07, 6.45) is 9.72. The van der Waals surface area contributed by atoms with Gasteiger partial charge in [-0.15, -0.1) is 0 Å². The Labute approximate surface area is 132 Å². The average molecular weight is 307 g/mol. The van der Waals surface area contributed by atoms with Gasteiger partial charge in [-0.2, -0.15) is 0 Å². The van der Waals surface area contributed by atoms with Gasteiger partial charge in [0.25, 0.3) is 0 Å². The van der Waals surface area contributed by atoms with Crippen molar-refractivity contribution >= 4 is 5.91 Å². The molecule has 0 atom stereocenters. The van der Waals surface area contributed by atoms with E-state index in [4.69, 9.17) is 0 Å². The van der Waals surface area contributed by atoms with Crippen LogP contribution in [-0.2, 0) is 4.79 Å². The lowest BCUT2D eigenvalue weighted by atomic mass is 10.1. The first-order chi connectivity index (χ1) is 8.93. The second-order valence-electron chi connectivity index (χ2n) is 5.56. The number of quaternary nitrogens is 1. The third kappa shape index (κ3) is 19.8. The maximum absolute atomic E-state index is 9.95. The van der Waals surface area contributed by atoms with Crippen molar-refractivity contribution in [1.29, 1.82) is 0 Å². The van der Waals surface area contributed by atoms with E-state index >= 15 is 0 Å². The first-order valence-corrected chi connectivity index (χ1v) is 7.59. The second kappa shape index (κ2) is 16.5. The van der Waals surface area contributed by atoms with Crippen molar-refractivity contribution in [2.75, 3.05) is 34.2 Å². The Kier molecular flexibility index (Phi) is 20.2. The molecule has 1 N–H and O–H groups in total. The summed E-state index contributed by atoms with van der Waals surface area (Å²) < 4.78 is 1.19. The Morgan fingerprint density at radius 1 is 1.10 bits per heavy atom. The molecular weight excluding hydrogens is 272 g/mol. The third-order valence-corrected chi connectivity index (χ3v) is 3.40. The fraction of sp³-hybridized carbons (Fsp3) is 0.812. The van der Waals surface area contributed by atoms with Crippen LogP contribution in [0.3, 0.4) is 0 Å². The molecule has 0 aliphatic heterocycles. The van der Waals surface area contributed by atoms with Crippen molar-refractivity contribution < 1.29 is 21.7 Å². The van der Waals surface area contributed by atoms with E-state index < -0.39 is 0 Å². The topological polar surface area (TPSA) is 29.1 Å². The van der Waals surface area contributed by atoms with E-state index in [9.17, 15) is 4.79 Å². The van der Waals surface area contributed by atoms with Gasteiger partial charge < -0.3 is 22.2 Å². The standard InChI is InChI=1S/C12H28N.C4H7NO.ClH/c1-5-7-8-9-10-11-12-13(3,4)6-2;1-3-4(6)5-2;/h5-12H2,1-4H3;3H,1H2,2H3,(H,5,6);1H/q+1;;/p-1. The molecule has 0 saturated heterocycles. The van der Waals surface area contributed by atoms with Gasteiger partial charge in [-0.3, -0.25) is 4.79 Å². The summed E-state index contributed by atoms with van der Waals surface area (Å²) in [4.78, 5) is 9.95. The van der Waals surface area contributed by atoms with Gasteiger partial charge in [0.1, 0.15) is 0 Å². The van der Waals surface area contributed by atoms with Crippen LogP contribution in [0.2, 0.25) is 0 Å². The first kappa shape index (κ1) is 24.5. The molecular formula is C16H35ClN2O. The molecule has 0 aromatic carbocycles. The van der Waals surface area contributed by atoms with Crippen molar-refractivity contribution in [3.8, 4) is 0 Å². The molecule has 0 aliphatic rings. The van der Waals surface area contributed by atoms with Crippen molar-refractivity contribution in [2.24, 2.45) is 0 Å². The zero-order valence-electron chi connectivity index (χ0n) is 14.2. The fourth-order valence-electron chi connectivity index (χ4n) is 1.58. The summed E-state index contributed by atoms with van der Waals surface area (Å²) in [6, 6.07) is 0. The SMILES string of the molecule is C=CC(=O)NC.CCCCCCCC[N+](C)(C)CC.[Cl-]. The molecule has 0 saturated carbocycles.